The Bertz CT molecular complexity index is 1610. The SMILES string of the molecule is O=C(Cc1ccncc1)NC1CC2(CCN(Cc3ccc4[nH]c5ccccc5c4c3)CC2)c2ccccc21. The van der Waals surface area contributed by atoms with Gasteiger partial charge >= 0.3 is 0 Å². The first-order valence-corrected chi connectivity index (χ1v) is 13.7. The molecule has 1 amide bonds. The number of piperidine rings is 1. The van der Waals surface area contributed by atoms with Crippen molar-refractivity contribution in [3.63, 3.8) is 0 Å². The molecule has 0 radical (unpaired) electrons. The summed E-state index contributed by atoms with van der Waals surface area (Å²) in [5.74, 6) is 0.0816. The predicted molar refractivity (Wildman–Crippen MR) is 152 cm³/mol. The molecule has 0 bridgehead atoms. The second-order valence-corrected chi connectivity index (χ2v) is 11.1. The van der Waals surface area contributed by atoms with Gasteiger partial charge in [0, 0.05) is 46.2 Å². The summed E-state index contributed by atoms with van der Waals surface area (Å²) in [4.78, 5) is 23.1. The van der Waals surface area contributed by atoms with Crippen molar-refractivity contribution in [3.05, 3.63) is 114 Å². The molecule has 1 unspecified atom stereocenters. The Hall–Kier alpha value is -3.96. The second-order valence-electron chi connectivity index (χ2n) is 11.1. The fourth-order valence-electron chi connectivity index (χ4n) is 6.82. The van der Waals surface area contributed by atoms with Gasteiger partial charge in [-0.1, -0.05) is 48.5 Å². The van der Waals surface area contributed by atoms with Crippen molar-refractivity contribution >= 4 is 27.7 Å². The molecule has 2 aliphatic rings. The molecule has 38 heavy (non-hydrogen) atoms. The Morgan fingerprint density at radius 2 is 1.66 bits per heavy atom. The van der Waals surface area contributed by atoms with E-state index in [-0.39, 0.29) is 17.4 Å². The van der Waals surface area contributed by atoms with Gasteiger partial charge in [-0.25, -0.2) is 0 Å². The van der Waals surface area contributed by atoms with Crippen molar-refractivity contribution in [2.45, 2.75) is 43.7 Å². The average molecular weight is 501 g/mol. The van der Waals surface area contributed by atoms with Crippen molar-refractivity contribution in [2.75, 3.05) is 13.1 Å². The number of amides is 1. The van der Waals surface area contributed by atoms with Crippen LogP contribution in [-0.4, -0.2) is 33.9 Å². The monoisotopic (exact) mass is 500 g/mol. The van der Waals surface area contributed by atoms with Crippen LogP contribution >= 0.6 is 0 Å². The van der Waals surface area contributed by atoms with Crippen LogP contribution in [0.25, 0.3) is 21.8 Å². The summed E-state index contributed by atoms with van der Waals surface area (Å²) in [7, 11) is 0. The summed E-state index contributed by atoms with van der Waals surface area (Å²) in [6.07, 6.45) is 7.11. The summed E-state index contributed by atoms with van der Waals surface area (Å²) in [5.41, 5.74) is 7.64. The highest BCUT2D eigenvalue weighted by Gasteiger charge is 2.45. The molecular weight excluding hydrogens is 468 g/mol. The maximum atomic E-state index is 12.9. The highest BCUT2D eigenvalue weighted by Crippen LogP contribution is 2.50. The number of nitrogens with one attached hydrogen (secondary N) is 2. The van der Waals surface area contributed by atoms with E-state index < -0.39 is 0 Å². The van der Waals surface area contributed by atoms with Gasteiger partial charge in [-0.3, -0.25) is 14.7 Å². The summed E-state index contributed by atoms with van der Waals surface area (Å²) in [6.45, 7) is 3.11. The first kappa shape index (κ1) is 23.2. The highest BCUT2D eigenvalue weighted by molar-refractivity contribution is 6.07. The van der Waals surface area contributed by atoms with Crippen LogP contribution in [-0.2, 0) is 23.2 Å². The number of aromatic amines is 1. The lowest BCUT2D eigenvalue weighted by molar-refractivity contribution is -0.121. The van der Waals surface area contributed by atoms with Gasteiger partial charge in [0.05, 0.1) is 12.5 Å². The van der Waals surface area contributed by atoms with Gasteiger partial charge in [0.25, 0.3) is 0 Å². The fourth-order valence-corrected chi connectivity index (χ4v) is 6.82. The van der Waals surface area contributed by atoms with Gasteiger partial charge in [-0.2, -0.15) is 0 Å². The highest BCUT2D eigenvalue weighted by atomic mass is 16.1. The maximum absolute atomic E-state index is 12.9. The van der Waals surface area contributed by atoms with Crippen LogP contribution in [0.5, 0.6) is 0 Å². The summed E-state index contributed by atoms with van der Waals surface area (Å²) >= 11 is 0. The number of carbonyl (C=O) groups excluding carboxylic acids is 1. The lowest BCUT2D eigenvalue weighted by atomic mass is 9.73. The molecule has 3 aromatic carbocycles. The molecule has 7 rings (SSSR count). The molecule has 5 heteroatoms. The summed E-state index contributed by atoms with van der Waals surface area (Å²) in [5, 5.41) is 5.96. The van der Waals surface area contributed by atoms with Gasteiger partial charge in [0.2, 0.25) is 5.91 Å². The van der Waals surface area contributed by atoms with Gasteiger partial charge in [-0.05, 0) is 84.9 Å². The number of nitrogens with zero attached hydrogens (tertiary/aromatic N) is 2. The molecule has 2 aromatic heterocycles. The molecule has 5 aromatic rings. The molecule has 3 heterocycles. The molecule has 1 fully saturated rings. The number of likely N-dealkylation sites (tertiary alicyclic amines) is 1. The average Bonchev–Trinajstić information content (AvgIpc) is 3.46. The zero-order valence-corrected chi connectivity index (χ0v) is 21.5. The standard InChI is InChI=1S/C33H32N4O/c38-32(20-23-11-15-34-16-12-23)36-31-21-33(28-7-3-1-6-26(28)31)13-17-37(18-14-33)22-24-9-10-30-27(19-24)25-5-2-4-8-29(25)35-30/h1-12,15-16,19,31,35H,13-14,17-18,20-22H2,(H,36,38). The van der Waals surface area contributed by atoms with Crippen LogP contribution in [0.4, 0.5) is 0 Å². The molecule has 1 spiro atoms. The molecule has 190 valence electrons. The zero-order chi connectivity index (χ0) is 25.5. The topological polar surface area (TPSA) is 61.0 Å². The molecule has 1 aliphatic heterocycles. The van der Waals surface area contributed by atoms with E-state index in [1.54, 1.807) is 12.4 Å². The third-order valence-corrected chi connectivity index (χ3v) is 8.74. The molecule has 1 aliphatic carbocycles. The predicted octanol–water partition coefficient (Wildman–Crippen LogP) is 6.05. The molecule has 1 atom stereocenters. The smallest absolute Gasteiger partial charge is 0.224 e. The summed E-state index contributed by atoms with van der Waals surface area (Å²) in [6, 6.07) is 28.1. The van der Waals surface area contributed by atoms with Crippen molar-refractivity contribution in [3.8, 4) is 0 Å². The lowest BCUT2D eigenvalue weighted by Gasteiger charge is -2.40. The number of rotatable bonds is 5. The molecule has 1 saturated heterocycles. The molecule has 2 N–H and O–H groups in total. The fraction of sp³-hybridized carbons (Fsp3) is 0.273. The van der Waals surface area contributed by atoms with E-state index in [0.717, 1.165) is 44.5 Å². The van der Waals surface area contributed by atoms with Crippen molar-refractivity contribution in [1.29, 1.82) is 0 Å². The zero-order valence-electron chi connectivity index (χ0n) is 21.5. The number of para-hydroxylation sites is 1. The van der Waals surface area contributed by atoms with E-state index in [9.17, 15) is 4.79 Å². The van der Waals surface area contributed by atoms with Gasteiger partial charge in [0.15, 0.2) is 0 Å². The lowest BCUT2D eigenvalue weighted by Crippen LogP contribution is -2.41. The molecule has 0 saturated carbocycles. The Kier molecular flexibility index (Phi) is 5.74. The van der Waals surface area contributed by atoms with Crippen LogP contribution in [0.3, 0.4) is 0 Å². The van der Waals surface area contributed by atoms with Gasteiger partial charge in [-0.15, -0.1) is 0 Å². The Labute approximate surface area is 222 Å². The number of hydrogen-bond donors (Lipinski definition) is 2. The number of carbonyl (C=O) groups is 1. The first-order chi connectivity index (χ1) is 18.7. The van der Waals surface area contributed by atoms with Gasteiger partial charge in [0.1, 0.15) is 0 Å². The second kappa shape index (κ2) is 9.41. The van der Waals surface area contributed by atoms with Crippen molar-refractivity contribution < 1.29 is 4.79 Å². The number of benzene rings is 3. The third kappa shape index (κ3) is 4.17. The van der Waals surface area contributed by atoms with Gasteiger partial charge < -0.3 is 10.3 Å². The number of H-pyrrole nitrogens is 1. The minimum absolute atomic E-state index is 0.0800. The van der Waals surface area contributed by atoms with Crippen LogP contribution < -0.4 is 5.32 Å². The maximum Gasteiger partial charge on any atom is 0.224 e. The quantitative estimate of drug-likeness (QED) is 0.309. The van der Waals surface area contributed by atoms with E-state index in [1.807, 2.05) is 12.1 Å². The van der Waals surface area contributed by atoms with E-state index in [0.29, 0.717) is 6.42 Å². The number of pyridine rings is 1. The van der Waals surface area contributed by atoms with Crippen molar-refractivity contribution in [1.82, 2.24) is 20.2 Å². The van der Waals surface area contributed by atoms with E-state index in [4.69, 9.17) is 0 Å². The Balaban J connectivity index is 1.05. The molecule has 5 nitrogen and oxygen atoms in total. The largest absolute Gasteiger partial charge is 0.355 e. The number of fused-ring (bicyclic) bond motifs is 5. The first-order valence-electron chi connectivity index (χ1n) is 13.7. The Morgan fingerprint density at radius 3 is 2.53 bits per heavy atom. The molecular formula is C33H32N4O. The van der Waals surface area contributed by atoms with Crippen LogP contribution in [0.15, 0.2) is 91.3 Å². The number of aromatic nitrogens is 2. The summed E-state index contributed by atoms with van der Waals surface area (Å²) < 4.78 is 0. The van der Waals surface area contributed by atoms with Crippen LogP contribution in [0, 0.1) is 0 Å². The van der Waals surface area contributed by atoms with Crippen LogP contribution in [0.1, 0.15) is 47.6 Å². The third-order valence-electron chi connectivity index (χ3n) is 8.74. The minimum atomic E-state index is 0.0800. The van der Waals surface area contributed by atoms with Crippen molar-refractivity contribution in [2.24, 2.45) is 0 Å². The van der Waals surface area contributed by atoms with E-state index >= 15 is 0 Å². The Morgan fingerprint density at radius 1 is 0.895 bits per heavy atom. The number of hydrogen-bond acceptors (Lipinski definition) is 3. The minimum Gasteiger partial charge on any atom is -0.355 e. The van der Waals surface area contributed by atoms with E-state index in [1.165, 1.54) is 38.5 Å². The normalized spacial score (nSPS) is 18.7. The van der Waals surface area contributed by atoms with Crippen LogP contribution in [0.2, 0.25) is 0 Å². The van der Waals surface area contributed by atoms with E-state index in [2.05, 4.69) is 86.9 Å².